The predicted molar refractivity (Wildman–Crippen MR) is 190 cm³/mol. The van der Waals surface area contributed by atoms with E-state index < -0.39 is 43.1 Å². The molecule has 1 saturated carbocycles. The highest BCUT2D eigenvalue weighted by Crippen LogP contribution is 2.36. The Morgan fingerprint density at radius 1 is 0.896 bits per heavy atom. The van der Waals surface area contributed by atoms with E-state index in [1.165, 1.54) is 6.07 Å². The zero-order valence-corrected chi connectivity index (χ0v) is 28.9. The lowest BCUT2D eigenvalue weighted by Gasteiger charge is -2.36. The molecule has 2 atom stereocenters. The number of aromatic nitrogens is 2. The van der Waals surface area contributed by atoms with E-state index in [0.717, 1.165) is 49.6 Å². The van der Waals surface area contributed by atoms with Crippen LogP contribution < -0.4 is 14.9 Å². The zero-order valence-electron chi connectivity index (χ0n) is 27.3. The number of hydrogen-bond acceptors (Lipinski definition) is 7. The first kappa shape index (κ1) is 33.6. The molecule has 1 aliphatic rings. The van der Waals surface area contributed by atoms with Crippen LogP contribution in [0.25, 0.3) is 21.7 Å². The smallest absolute Gasteiger partial charge is 0.257 e. The number of hydrogen-bond donors (Lipinski definition) is 3. The van der Waals surface area contributed by atoms with E-state index in [1.807, 2.05) is 67.5 Å². The standard InChI is InChI=1S/C36H41N5O5S2/c1-41(2)32-20-11-17-29-28(32)16-12-21-33(29)48(45,46)40-36(47(3,43)44,23-26-24-38-30-18-8-7-15-27(26)30)35(42)39-34(25-13-5-4-6-14-25)31-19-9-10-22-37-31/h7-12,15-22,24-25,34,38,40H,4-6,13-14,23H2,1-3H3,(H,39,42). The van der Waals surface area contributed by atoms with Crippen molar-refractivity contribution < 1.29 is 21.6 Å². The van der Waals surface area contributed by atoms with Crippen LogP contribution in [0.1, 0.15) is 49.4 Å². The van der Waals surface area contributed by atoms with Crippen molar-refractivity contribution in [3.8, 4) is 0 Å². The van der Waals surface area contributed by atoms with Gasteiger partial charge in [0.25, 0.3) is 5.91 Å². The lowest BCUT2D eigenvalue weighted by Crippen LogP contribution is -2.65. The Labute approximate surface area is 281 Å². The summed E-state index contributed by atoms with van der Waals surface area (Å²) in [7, 11) is -5.40. The van der Waals surface area contributed by atoms with Gasteiger partial charge in [0.2, 0.25) is 14.9 Å². The second-order valence-corrected chi connectivity index (χ2v) is 16.8. The van der Waals surface area contributed by atoms with Crippen molar-refractivity contribution in [2.24, 2.45) is 5.92 Å². The number of pyridine rings is 1. The Balaban J connectivity index is 1.51. The third-order valence-electron chi connectivity index (χ3n) is 9.46. The first-order valence-corrected chi connectivity index (χ1v) is 19.5. The molecule has 0 spiro atoms. The summed E-state index contributed by atoms with van der Waals surface area (Å²) in [6.45, 7) is 0. The Bertz CT molecular complexity index is 2160. The van der Waals surface area contributed by atoms with Gasteiger partial charge in [0.1, 0.15) is 0 Å². The van der Waals surface area contributed by atoms with Gasteiger partial charge in [-0.1, -0.05) is 67.8 Å². The number of carbonyl (C=O) groups excluding carboxylic acids is 1. The Hall–Kier alpha value is -4.26. The number of carbonyl (C=O) groups is 1. The summed E-state index contributed by atoms with van der Waals surface area (Å²) < 4.78 is 59.9. The summed E-state index contributed by atoms with van der Waals surface area (Å²) in [6.07, 6.45) is 8.40. The lowest BCUT2D eigenvalue weighted by molar-refractivity contribution is -0.125. The number of anilines is 1. The number of aromatic amines is 1. The molecule has 2 heterocycles. The fourth-order valence-corrected chi connectivity index (χ4v) is 10.1. The molecule has 12 heteroatoms. The van der Waals surface area contributed by atoms with Gasteiger partial charge >= 0.3 is 0 Å². The average molecular weight is 688 g/mol. The van der Waals surface area contributed by atoms with Crippen LogP contribution in [0.5, 0.6) is 0 Å². The predicted octanol–water partition coefficient (Wildman–Crippen LogP) is 5.48. The van der Waals surface area contributed by atoms with Gasteiger partial charge in [0.05, 0.1) is 16.6 Å². The number of benzene rings is 3. The molecule has 10 nitrogen and oxygen atoms in total. The molecule has 3 aromatic carbocycles. The fourth-order valence-electron chi connectivity index (χ4n) is 6.96. The van der Waals surface area contributed by atoms with E-state index in [0.29, 0.717) is 27.4 Å². The number of fused-ring (bicyclic) bond motifs is 2. The van der Waals surface area contributed by atoms with E-state index in [4.69, 9.17) is 0 Å². The Morgan fingerprint density at radius 3 is 2.29 bits per heavy atom. The highest BCUT2D eigenvalue weighted by molar-refractivity contribution is 7.95. The summed E-state index contributed by atoms with van der Waals surface area (Å²) >= 11 is 0. The second kappa shape index (κ2) is 13.3. The maximum atomic E-state index is 14.9. The molecule has 1 aliphatic carbocycles. The Kier molecular flexibility index (Phi) is 9.34. The third-order valence-corrected chi connectivity index (χ3v) is 12.8. The average Bonchev–Trinajstić information content (AvgIpc) is 3.48. The van der Waals surface area contributed by atoms with Gasteiger partial charge in [-0.3, -0.25) is 9.78 Å². The number of sulfone groups is 1. The molecule has 0 bridgehead atoms. The molecular weight excluding hydrogens is 647 g/mol. The topological polar surface area (TPSA) is 141 Å². The van der Waals surface area contributed by atoms with Crippen molar-refractivity contribution >= 4 is 53.1 Å². The lowest BCUT2D eigenvalue weighted by atomic mass is 9.82. The van der Waals surface area contributed by atoms with Crippen LogP contribution in [0.15, 0.2) is 96.2 Å². The van der Waals surface area contributed by atoms with Crippen LogP contribution in [0.2, 0.25) is 0 Å². The SMILES string of the molecule is CN(C)c1cccc2c(S(=O)(=O)NC(Cc3c[nH]c4ccccc34)(C(=O)NC(c3ccccn3)C3CCCCC3)S(C)(=O)=O)cccc12. The molecule has 5 aromatic rings. The van der Waals surface area contributed by atoms with Gasteiger partial charge in [0, 0.05) is 66.5 Å². The van der Waals surface area contributed by atoms with Gasteiger partial charge in [0.15, 0.2) is 9.84 Å². The van der Waals surface area contributed by atoms with Crippen molar-refractivity contribution in [2.45, 2.75) is 54.3 Å². The summed E-state index contributed by atoms with van der Waals surface area (Å²) in [5.41, 5.74) is 2.60. The Morgan fingerprint density at radius 2 is 1.58 bits per heavy atom. The van der Waals surface area contributed by atoms with Crippen molar-refractivity contribution in [1.82, 2.24) is 20.0 Å². The molecule has 6 rings (SSSR count). The van der Waals surface area contributed by atoms with Crippen molar-refractivity contribution in [1.29, 1.82) is 0 Å². The van der Waals surface area contributed by atoms with Gasteiger partial charge in [-0.15, -0.1) is 0 Å². The van der Waals surface area contributed by atoms with Crippen LogP contribution in [-0.4, -0.2) is 57.9 Å². The first-order valence-electron chi connectivity index (χ1n) is 16.1. The van der Waals surface area contributed by atoms with E-state index in [2.05, 4.69) is 20.0 Å². The number of nitrogens with one attached hydrogen (secondary N) is 3. The minimum atomic E-state index is -4.63. The van der Waals surface area contributed by atoms with Crippen LogP contribution in [0.4, 0.5) is 5.69 Å². The summed E-state index contributed by atoms with van der Waals surface area (Å²) in [5, 5.41) is 4.78. The molecule has 0 saturated heterocycles. The van der Waals surface area contributed by atoms with Crippen LogP contribution >= 0.6 is 0 Å². The number of rotatable bonds is 11. The second-order valence-electron chi connectivity index (χ2n) is 12.9. The van der Waals surface area contributed by atoms with E-state index >= 15 is 0 Å². The summed E-state index contributed by atoms with van der Waals surface area (Å²) in [4.78, 5) is 21.7. The molecule has 2 aromatic heterocycles. The maximum Gasteiger partial charge on any atom is 0.257 e. The number of para-hydroxylation sites is 1. The van der Waals surface area contributed by atoms with Gasteiger partial charge in [-0.05, 0) is 54.7 Å². The molecule has 3 N–H and O–H groups in total. The monoisotopic (exact) mass is 687 g/mol. The molecule has 0 radical (unpaired) electrons. The molecule has 252 valence electrons. The minimum absolute atomic E-state index is 0.00192. The zero-order chi connectivity index (χ0) is 34.1. The molecule has 1 fully saturated rings. The number of sulfonamides is 1. The normalized spacial score (nSPS) is 16.4. The van der Waals surface area contributed by atoms with Crippen molar-refractivity contribution in [3.63, 3.8) is 0 Å². The molecular formula is C36H41N5O5S2. The minimum Gasteiger partial charge on any atom is -0.377 e. The number of nitrogens with zero attached hydrogens (tertiary/aromatic N) is 2. The van der Waals surface area contributed by atoms with Crippen molar-refractivity contribution in [2.75, 3.05) is 25.3 Å². The molecule has 2 unspecified atom stereocenters. The fraction of sp³-hybridized carbons (Fsp3) is 0.333. The number of amides is 1. The number of H-pyrrole nitrogens is 1. The van der Waals surface area contributed by atoms with Crippen molar-refractivity contribution in [3.05, 3.63) is 103 Å². The van der Waals surface area contributed by atoms with Gasteiger partial charge in [-0.2, -0.15) is 4.72 Å². The first-order chi connectivity index (χ1) is 22.9. The van der Waals surface area contributed by atoms with Crippen LogP contribution in [0.3, 0.4) is 0 Å². The molecule has 48 heavy (non-hydrogen) atoms. The van der Waals surface area contributed by atoms with Gasteiger partial charge in [-0.25, -0.2) is 16.8 Å². The van der Waals surface area contributed by atoms with Crippen LogP contribution in [0, 0.1) is 5.92 Å². The quantitative estimate of drug-likeness (QED) is 0.167. The highest BCUT2D eigenvalue weighted by Gasteiger charge is 2.53. The van der Waals surface area contributed by atoms with E-state index in [9.17, 15) is 21.6 Å². The molecule has 0 aliphatic heterocycles. The third kappa shape index (κ3) is 6.44. The largest absolute Gasteiger partial charge is 0.377 e. The molecule has 1 amide bonds. The van der Waals surface area contributed by atoms with E-state index in [-0.39, 0.29) is 10.8 Å². The van der Waals surface area contributed by atoms with E-state index in [1.54, 1.807) is 36.7 Å². The summed E-state index contributed by atoms with van der Waals surface area (Å²) in [6, 6.07) is 22.3. The maximum absolute atomic E-state index is 14.9. The van der Waals surface area contributed by atoms with Gasteiger partial charge < -0.3 is 15.2 Å². The van der Waals surface area contributed by atoms with Crippen LogP contribution in [-0.2, 0) is 31.1 Å². The summed E-state index contributed by atoms with van der Waals surface area (Å²) in [5.74, 6) is -0.948. The highest BCUT2D eigenvalue weighted by atomic mass is 32.2.